The van der Waals surface area contributed by atoms with Crippen LogP contribution in [0.5, 0.6) is 5.88 Å². The molecule has 0 saturated heterocycles. The van der Waals surface area contributed by atoms with Crippen molar-refractivity contribution in [1.29, 1.82) is 0 Å². The van der Waals surface area contributed by atoms with E-state index in [1.54, 1.807) is 6.20 Å². The number of rotatable bonds is 1. The van der Waals surface area contributed by atoms with E-state index in [1.165, 1.54) is 11.3 Å². The second kappa shape index (κ2) is 3.78. The third kappa shape index (κ3) is 1.64. The molecule has 0 radical (unpaired) electrons. The highest BCUT2D eigenvalue weighted by Gasteiger charge is 2.12. The summed E-state index contributed by atoms with van der Waals surface area (Å²) >= 11 is 1.50. The predicted molar refractivity (Wildman–Crippen MR) is 67.0 cm³/mol. The lowest BCUT2D eigenvalue weighted by Crippen LogP contribution is -1.91. The molecular formula is C12H9N3OS. The van der Waals surface area contributed by atoms with E-state index in [0.717, 1.165) is 15.8 Å². The lowest BCUT2D eigenvalue weighted by atomic mass is 10.2. The molecule has 0 unspecified atom stereocenters. The van der Waals surface area contributed by atoms with Crippen LogP contribution >= 0.6 is 11.3 Å². The van der Waals surface area contributed by atoms with Crippen LogP contribution in [0, 0.1) is 6.92 Å². The zero-order valence-electron chi connectivity index (χ0n) is 9.08. The molecule has 0 saturated carbocycles. The molecule has 3 aromatic heterocycles. The highest BCUT2D eigenvalue weighted by atomic mass is 32.1. The summed E-state index contributed by atoms with van der Waals surface area (Å²) in [7, 11) is 0. The fourth-order valence-electron chi connectivity index (χ4n) is 1.67. The van der Waals surface area contributed by atoms with Crippen LogP contribution in [-0.4, -0.2) is 20.1 Å². The Morgan fingerprint density at radius 1 is 1.24 bits per heavy atom. The van der Waals surface area contributed by atoms with Crippen LogP contribution in [-0.2, 0) is 0 Å². The molecule has 1 N–H and O–H groups in total. The normalized spacial score (nSPS) is 10.9. The number of thiophene rings is 1. The standard InChI is InChI=1S/C12H9N3OS/c1-7-6-17-12-9(7)11(16)14-10(15-12)8-4-2-3-5-13-8/h2-6H,1H3,(H,14,15,16). The van der Waals surface area contributed by atoms with E-state index < -0.39 is 0 Å². The van der Waals surface area contributed by atoms with Gasteiger partial charge in [-0.3, -0.25) is 4.98 Å². The molecule has 17 heavy (non-hydrogen) atoms. The van der Waals surface area contributed by atoms with Crippen molar-refractivity contribution in [2.24, 2.45) is 0 Å². The van der Waals surface area contributed by atoms with Crippen molar-refractivity contribution in [3.63, 3.8) is 0 Å². The molecule has 3 aromatic rings. The van der Waals surface area contributed by atoms with Crippen LogP contribution in [0.15, 0.2) is 29.8 Å². The number of pyridine rings is 1. The number of hydrogen-bond acceptors (Lipinski definition) is 5. The molecule has 84 valence electrons. The van der Waals surface area contributed by atoms with Crippen molar-refractivity contribution in [2.45, 2.75) is 6.92 Å². The summed E-state index contributed by atoms with van der Waals surface area (Å²) in [6.07, 6.45) is 1.68. The molecule has 0 fully saturated rings. The maximum Gasteiger partial charge on any atom is 0.223 e. The Balaban J connectivity index is 2.26. The lowest BCUT2D eigenvalue weighted by molar-refractivity contribution is 0.460. The minimum absolute atomic E-state index is 0.0226. The molecule has 0 aliphatic rings. The molecule has 0 aromatic carbocycles. The van der Waals surface area contributed by atoms with Gasteiger partial charge in [0.25, 0.3) is 0 Å². The number of fused-ring (bicyclic) bond motifs is 1. The first-order chi connectivity index (χ1) is 8.25. The number of hydrogen-bond donors (Lipinski definition) is 1. The Kier molecular flexibility index (Phi) is 2.26. The largest absolute Gasteiger partial charge is 0.493 e. The van der Waals surface area contributed by atoms with Crippen molar-refractivity contribution in [3.05, 3.63) is 35.3 Å². The molecule has 0 spiro atoms. The van der Waals surface area contributed by atoms with Crippen LogP contribution in [0.1, 0.15) is 5.56 Å². The lowest BCUT2D eigenvalue weighted by Gasteiger charge is -2.01. The highest BCUT2D eigenvalue weighted by Crippen LogP contribution is 2.31. The summed E-state index contributed by atoms with van der Waals surface area (Å²) < 4.78 is 0. The smallest absolute Gasteiger partial charge is 0.223 e. The zero-order valence-corrected chi connectivity index (χ0v) is 9.90. The van der Waals surface area contributed by atoms with Crippen LogP contribution in [0.2, 0.25) is 0 Å². The summed E-state index contributed by atoms with van der Waals surface area (Å²) in [5.74, 6) is 0.479. The Bertz CT molecular complexity index is 679. The van der Waals surface area contributed by atoms with Gasteiger partial charge in [-0.25, -0.2) is 4.98 Å². The topological polar surface area (TPSA) is 58.9 Å². The van der Waals surface area contributed by atoms with Gasteiger partial charge in [0.05, 0.1) is 5.39 Å². The van der Waals surface area contributed by atoms with E-state index in [4.69, 9.17) is 0 Å². The van der Waals surface area contributed by atoms with E-state index >= 15 is 0 Å². The van der Waals surface area contributed by atoms with Gasteiger partial charge in [-0.1, -0.05) is 6.07 Å². The third-order valence-electron chi connectivity index (χ3n) is 2.49. The van der Waals surface area contributed by atoms with E-state index in [0.29, 0.717) is 11.5 Å². The van der Waals surface area contributed by atoms with Gasteiger partial charge in [0.2, 0.25) is 5.88 Å². The summed E-state index contributed by atoms with van der Waals surface area (Å²) in [4.78, 5) is 13.5. The van der Waals surface area contributed by atoms with Gasteiger partial charge in [0, 0.05) is 6.20 Å². The first-order valence-electron chi connectivity index (χ1n) is 5.12. The van der Waals surface area contributed by atoms with Gasteiger partial charge in [0.15, 0.2) is 5.82 Å². The summed E-state index contributed by atoms with van der Waals surface area (Å²) in [6, 6.07) is 5.52. The van der Waals surface area contributed by atoms with Crippen molar-refractivity contribution >= 4 is 21.6 Å². The van der Waals surface area contributed by atoms with Gasteiger partial charge in [-0.2, -0.15) is 4.98 Å². The fourth-order valence-corrected chi connectivity index (χ4v) is 2.59. The van der Waals surface area contributed by atoms with Gasteiger partial charge in [-0.15, -0.1) is 11.3 Å². The van der Waals surface area contributed by atoms with Gasteiger partial charge < -0.3 is 5.11 Å². The molecule has 3 rings (SSSR count). The van der Waals surface area contributed by atoms with Gasteiger partial charge in [-0.05, 0) is 30.0 Å². The van der Waals surface area contributed by atoms with Crippen molar-refractivity contribution < 1.29 is 5.11 Å². The highest BCUT2D eigenvalue weighted by molar-refractivity contribution is 7.17. The maximum absolute atomic E-state index is 9.91. The molecule has 3 heterocycles. The number of aromatic hydroxyl groups is 1. The van der Waals surface area contributed by atoms with Crippen LogP contribution in [0.4, 0.5) is 0 Å². The van der Waals surface area contributed by atoms with Crippen molar-refractivity contribution in [2.75, 3.05) is 0 Å². The van der Waals surface area contributed by atoms with Crippen molar-refractivity contribution in [1.82, 2.24) is 15.0 Å². The molecule has 4 nitrogen and oxygen atoms in total. The summed E-state index contributed by atoms with van der Waals surface area (Å²) in [5.41, 5.74) is 1.66. The van der Waals surface area contributed by atoms with Crippen LogP contribution < -0.4 is 0 Å². The van der Waals surface area contributed by atoms with Gasteiger partial charge >= 0.3 is 0 Å². The second-order valence-electron chi connectivity index (χ2n) is 3.68. The zero-order chi connectivity index (χ0) is 11.8. The Labute approximate surface area is 102 Å². The van der Waals surface area contributed by atoms with Crippen LogP contribution in [0.25, 0.3) is 21.7 Å². The number of nitrogens with zero attached hydrogens (tertiary/aromatic N) is 3. The average Bonchev–Trinajstić information content (AvgIpc) is 2.73. The van der Waals surface area contributed by atoms with Crippen LogP contribution in [0.3, 0.4) is 0 Å². The summed E-state index contributed by atoms with van der Waals surface area (Å²) in [6.45, 7) is 1.93. The van der Waals surface area contributed by atoms with E-state index in [2.05, 4.69) is 15.0 Å². The minimum Gasteiger partial charge on any atom is -0.493 e. The first-order valence-corrected chi connectivity index (χ1v) is 6.00. The van der Waals surface area contributed by atoms with E-state index in [9.17, 15) is 5.11 Å². The molecular weight excluding hydrogens is 234 g/mol. The second-order valence-corrected chi connectivity index (χ2v) is 4.54. The molecule has 5 heteroatoms. The number of aryl methyl sites for hydroxylation is 1. The van der Waals surface area contributed by atoms with Gasteiger partial charge in [0.1, 0.15) is 10.5 Å². The Morgan fingerprint density at radius 3 is 2.88 bits per heavy atom. The maximum atomic E-state index is 9.91. The monoisotopic (exact) mass is 243 g/mol. The summed E-state index contributed by atoms with van der Waals surface area (Å²) in [5, 5.41) is 12.6. The Morgan fingerprint density at radius 2 is 2.12 bits per heavy atom. The molecule has 0 aliphatic heterocycles. The fraction of sp³-hybridized carbons (Fsp3) is 0.0833. The van der Waals surface area contributed by atoms with Crippen molar-refractivity contribution in [3.8, 4) is 17.4 Å². The molecule has 0 atom stereocenters. The average molecular weight is 243 g/mol. The predicted octanol–water partition coefficient (Wildman–Crippen LogP) is 2.77. The SMILES string of the molecule is Cc1csc2nc(-c3ccccn3)nc(O)c12. The van der Waals surface area contributed by atoms with E-state index in [1.807, 2.05) is 30.5 Å². The third-order valence-corrected chi connectivity index (χ3v) is 3.48. The van der Waals surface area contributed by atoms with E-state index in [-0.39, 0.29) is 5.88 Å². The Hall–Kier alpha value is -2.01. The number of aromatic nitrogens is 3. The quantitative estimate of drug-likeness (QED) is 0.714. The molecule has 0 amide bonds. The first kappa shape index (κ1) is 10.2. The minimum atomic E-state index is 0.0226. The molecule has 0 bridgehead atoms. The molecule has 0 aliphatic carbocycles.